The summed E-state index contributed by atoms with van der Waals surface area (Å²) in [7, 11) is 3.81. The van der Waals surface area contributed by atoms with Crippen molar-refractivity contribution in [3.8, 4) is 0 Å². The monoisotopic (exact) mass is 458 g/mol. The Balaban J connectivity index is 1.61. The number of carbonyl (C=O) groups excluding carboxylic acids is 2. The molecule has 0 aliphatic carbocycles. The quantitative estimate of drug-likeness (QED) is 0.704. The summed E-state index contributed by atoms with van der Waals surface area (Å²) in [6.45, 7) is 7.10. The number of aromatic nitrogens is 1. The standard InChI is InChI=1S/C25H35FN4O3/c1-25(2,3)33-24(32)29-14-11-20(12-15-29)30-13-7-10-21(30)23(31)27-17-22(28(4)5)18-8-6-9-19(26)16-18/h6-10,13,16,20,22H,11-12,14-15,17H2,1-5H3,(H,27,31). The van der Waals surface area contributed by atoms with E-state index in [1.165, 1.54) is 12.1 Å². The number of benzene rings is 1. The van der Waals surface area contributed by atoms with Crippen LogP contribution in [0, 0.1) is 5.82 Å². The minimum absolute atomic E-state index is 0.132. The van der Waals surface area contributed by atoms with Crippen molar-refractivity contribution < 1.29 is 18.7 Å². The number of ether oxygens (including phenoxy) is 1. The summed E-state index contributed by atoms with van der Waals surface area (Å²) in [5.41, 5.74) is 0.878. The molecule has 1 aromatic heterocycles. The summed E-state index contributed by atoms with van der Waals surface area (Å²) in [5, 5.41) is 3.01. The zero-order valence-corrected chi connectivity index (χ0v) is 20.2. The molecule has 7 nitrogen and oxygen atoms in total. The highest BCUT2D eigenvalue weighted by Gasteiger charge is 2.29. The van der Waals surface area contributed by atoms with Crippen molar-refractivity contribution in [2.75, 3.05) is 33.7 Å². The molecule has 33 heavy (non-hydrogen) atoms. The van der Waals surface area contributed by atoms with Crippen LogP contribution in [0.1, 0.15) is 61.7 Å². The van der Waals surface area contributed by atoms with Gasteiger partial charge < -0.3 is 24.4 Å². The van der Waals surface area contributed by atoms with Gasteiger partial charge in [-0.1, -0.05) is 12.1 Å². The van der Waals surface area contributed by atoms with E-state index in [-0.39, 0.29) is 29.9 Å². The number of piperidine rings is 1. The molecule has 1 aliphatic heterocycles. The molecule has 0 spiro atoms. The molecule has 1 N–H and O–H groups in total. The Hall–Kier alpha value is -2.87. The number of rotatable bonds is 6. The van der Waals surface area contributed by atoms with Gasteiger partial charge in [-0.2, -0.15) is 0 Å². The van der Waals surface area contributed by atoms with Crippen molar-refractivity contribution >= 4 is 12.0 Å². The maximum absolute atomic E-state index is 13.7. The third-order valence-electron chi connectivity index (χ3n) is 5.83. The molecule has 2 aromatic rings. The Kier molecular flexibility index (Phi) is 7.79. The fourth-order valence-electron chi connectivity index (χ4n) is 4.15. The highest BCUT2D eigenvalue weighted by Crippen LogP contribution is 2.26. The average molecular weight is 459 g/mol. The normalized spacial score (nSPS) is 16.0. The second kappa shape index (κ2) is 10.4. The van der Waals surface area contributed by atoms with E-state index < -0.39 is 5.60 Å². The van der Waals surface area contributed by atoms with E-state index in [4.69, 9.17) is 4.74 Å². The number of halogens is 1. The fraction of sp³-hybridized carbons (Fsp3) is 0.520. The molecule has 0 saturated carbocycles. The molecule has 2 amide bonds. The summed E-state index contributed by atoms with van der Waals surface area (Å²) < 4.78 is 21.2. The number of likely N-dealkylation sites (N-methyl/N-ethyl adjacent to an activating group) is 1. The van der Waals surface area contributed by atoms with Gasteiger partial charge in [-0.25, -0.2) is 9.18 Å². The van der Waals surface area contributed by atoms with Crippen molar-refractivity contribution in [1.29, 1.82) is 0 Å². The van der Waals surface area contributed by atoms with Gasteiger partial charge in [0.15, 0.2) is 0 Å². The van der Waals surface area contributed by atoms with E-state index in [0.29, 0.717) is 25.3 Å². The highest BCUT2D eigenvalue weighted by molar-refractivity contribution is 5.92. The highest BCUT2D eigenvalue weighted by atomic mass is 19.1. The van der Waals surface area contributed by atoms with Gasteiger partial charge in [0.2, 0.25) is 0 Å². The Morgan fingerprint density at radius 3 is 2.48 bits per heavy atom. The van der Waals surface area contributed by atoms with Crippen LogP contribution >= 0.6 is 0 Å². The predicted molar refractivity (Wildman–Crippen MR) is 126 cm³/mol. The minimum Gasteiger partial charge on any atom is -0.444 e. The van der Waals surface area contributed by atoms with Gasteiger partial charge in [0.25, 0.3) is 5.91 Å². The van der Waals surface area contributed by atoms with Crippen LogP contribution in [0.2, 0.25) is 0 Å². The van der Waals surface area contributed by atoms with Crippen molar-refractivity contribution in [3.05, 3.63) is 59.7 Å². The van der Waals surface area contributed by atoms with Crippen LogP contribution in [0.4, 0.5) is 9.18 Å². The number of hydrogen-bond acceptors (Lipinski definition) is 4. The smallest absolute Gasteiger partial charge is 0.410 e. The second-order valence-electron chi connectivity index (χ2n) is 9.74. The van der Waals surface area contributed by atoms with E-state index in [1.54, 1.807) is 11.0 Å². The molecule has 1 saturated heterocycles. The first-order chi connectivity index (χ1) is 15.5. The Bertz CT molecular complexity index is 959. The summed E-state index contributed by atoms with van der Waals surface area (Å²) in [4.78, 5) is 29.0. The van der Waals surface area contributed by atoms with Crippen molar-refractivity contribution in [1.82, 2.24) is 19.7 Å². The van der Waals surface area contributed by atoms with Crippen LogP contribution in [0.15, 0.2) is 42.6 Å². The SMILES string of the molecule is CN(C)C(CNC(=O)c1cccn1C1CCN(C(=O)OC(C)(C)C)CC1)c1cccc(F)c1. The first-order valence-electron chi connectivity index (χ1n) is 11.4. The molecule has 180 valence electrons. The van der Waals surface area contributed by atoms with Gasteiger partial charge in [-0.15, -0.1) is 0 Å². The molecule has 0 bridgehead atoms. The Labute approximate surface area is 195 Å². The maximum Gasteiger partial charge on any atom is 0.410 e. The van der Waals surface area contributed by atoms with Crippen LogP contribution in [0.25, 0.3) is 0 Å². The first kappa shape index (κ1) is 24.8. The number of nitrogens with one attached hydrogen (secondary N) is 1. The van der Waals surface area contributed by atoms with Crippen molar-refractivity contribution in [2.45, 2.75) is 51.3 Å². The molecule has 1 fully saturated rings. The molecule has 1 unspecified atom stereocenters. The molecule has 1 aliphatic rings. The molecule has 0 radical (unpaired) electrons. The molecular weight excluding hydrogens is 423 g/mol. The lowest BCUT2D eigenvalue weighted by molar-refractivity contribution is 0.0187. The van der Waals surface area contributed by atoms with E-state index in [1.807, 2.05) is 68.7 Å². The van der Waals surface area contributed by atoms with Gasteiger partial charge >= 0.3 is 6.09 Å². The first-order valence-corrected chi connectivity index (χ1v) is 11.4. The molecule has 2 heterocycles. The van der Waals surface area contributed by atoms with E-state index in [0.717, 1.165) is 18.4 Å². The predicted octanol–water partition coefficient (Wildman–Crippen LogP) is 4.23. The summed E-state index contributed by atoms with van der Waals surface area (Å²) in [5.74, 6) is -0.463. The largest absolute Gasteiger partial charge is 0.444 e. The summed E-state index contributed by atoms with van der Waals surface area (Å²) in [6.07, 6.45) is 3.12. The van der Waals surface area contributed by atoms with Crippen LogP contribution < -0.4 is 5.32 Å². The average Bonchev–Trinajstić information content (AvgIpc) is 3.22. The summed E-state index contributed by atoms with van der Waals surface area (Å²) >= 11 is 0. The van der Waals surface area contributed by atoms with Gasteiger partial charge in [0, 0.05) is 31.9 Å². The van der Waals surface area contributed by atoms with Gasteiger partial charge in [0.1, 0.15) is 17.1 Å². The molecule has 8 heteroatoms. The van der Waals surface area contributed by atoms with Gasteiger partial charge in [0.05, 0.1) is 6.04 Å². The fourth-order valence-corrected chi connectivity index (χ4v) is 4.15. The van der Waals surface area contributed by atoms with Crippen molar-refractivity contribution in [2.24, 2.45) is 0 Å². The lowest BCUT2D eigenvalue weighted by Gasteiger charge is -2.34. The number of hydrogen-bond donors (Lipinski definition) is 1. The van der Waals surface area contributed by atoms with E-state index in [2.05, 4.69) is 5.32 Å². The number of nitrogens with zero attached hydrogens (tertiary/aromatic N) is 3. The third kappa shape index (κ3) is 6.57. The maximum atomic E-state index is 13.7. The molecule has 3 rings (SSSR count). The Morgan fingerprint density at radius 1 is 1.18 bits per heavy atom. The van der Waals surface area contributed by atoms with E-state index in [9.17, 15) is 14.0 Å². The van der Waals surface area contributed by atoms with Gasteiger partial charge in [-0.05, 0) is 77.5 Å². The van der Waals surface area contributed by atoms with Gasteiger partial charge in [-0.3, -0.25) is 4.79 Å². The minimum atomic E-state index is -0.518. The molecule has 1 aromatic carbocycles. The van der Waals surface area contributed by atoms with Crippen LogP contribution in [0.5, 0.6) is 0 Å². The Morgan fingerprint density at radius 2 is 1.88 bits per heavy atom. The third-order valence-corrected chi connectivity index (χ3v) is 5.83. The second-order valence-corrected chi connectivity index (χ2v) is 9.74. The zero-order valence-electron chi connectivity index (χ0n) is 20.2. The molecule has 1 atom stereocenters. The van der Waals surface area contributed by atoms with Crippen molar-refractivity contribution in [3.63, 3.8) is 0 Å². The number of amides is 2. The topological polar surface area (TPSA) is 66.8 Å². The number of likely N-dealkylation sites (tertiary alicyclic amines) is 1. The zero-order chi connectivity index (χ0) is 24.2. The van der Waals surface area contributed by atoms with Crippen LogP contribution in [-0.4, -0.2) is 65.7 Å². The molecular formula is C25H35FN4O3. The van der Waals surface area contributed by atoms with Crippen LogP contribution in [-0.2, 0) is 4.74 Å². The lowest BCUT2D eigenvalue weighted by atomic mass is 10.0. The lowest BCUT2D eigenvalue weighted by Crippen LogP contribution is -2.42. The van der Waals surface area contributed by atoms with Crippen LogP contribution in [0.3, 0.4) is 0 Å². The van der Waals surface area contributed by atoms with E-state index >= 15 is 0 Å². The summed E-state index contributed by atoms with van der Waals surface area (Å²) in [6, 6.07) is 10.1. The number of carbonyl (C=O) groups is 2.